The Kier molecular flexibility index (Phi) is 7.25. The van der Waals surface area contributed by atoms with Gasteiger partial charge in [-0.3, -0.25) is 9.59 Å². The van der Waals surface area contributed by atoms with E-state index in [0.29, 0.717) is 32.3 Å². The van der Waals surface area contributed by atoms with E-state index in [-0.39, 0.29) is 29.7 Å². The summed E-state index contributed by atoms with van der Waals surface area (Å²) in [6.45, 7) is 7.87. The van der Waals surface area contributed by atoms with Crippen LogP contribution in [0.15, 0.2) is 0 Å². The number of esters is 3. The van der Waals surface area contributed by atoms with Gasteiger partial charge in [0.05, 0.1) is 29.6 Å². The molecule has 5 fully saturated rings. The lowest BCUT2D eigenvalue weighted by molar-refractivity contribution is -0.262. The van der Waals surface area contributed by atoms with Crippen molar-refractivity contribution in [3.63, 3.8) is 0 Å². The second-order valence-electron chi connectivity index (χ2n) is 10.6. The molecule has 0 aromatic rings. The molecule has 4 saturated carbocycles. The summed E-state index contributed by atoms with van der Waals surface area (Å²) in [6, 6.07) is 0. The minimum Gasteiger partial charge on any atom is -0.463 e. The lowest BCUT2D eigenvalue weighted by Gasteiger charge is -2.62. The van der Waals surface area contributed by atoms with Crippen LogP contribution in [-0.4, -0.2) is 57.6 Å². The smallest absolute Gasteiger partial charge is 0.347 e. The van der Waals surface area contributed by atoms with Gasteiger partial charge in [0.25, 0.3) is 0 Å². The molecule has 8 heteroatoms. The molecule has 8 nitrogen and oxygen atoms in total. The van der Waals surface area contributed by atoms with Crippen LogP contribution in [0.1, 0.15) is 85.5 Å². The monoisotopic (exact) mass is 454 g/mol. The predicted molar refractivity (Wildman–Crippen MR) is 114 cm³/mol. The van der Waals surface area contributed by atoms with Crippen LogP contribution in [-0.2, 0) is 28.6 Å². The Morgan fingerprint density at radius 2 is 1.56 bits per heavy atom. The van der Waals surface area contributed by atoms with E-state index in [1.54, 1.807) is 6.92 Å². The van der Waals surface area contributed by atoms with Crippen molar-refractivity contribution in [3.05, 3.63) is 0 Å². The van der Waals surface area contributed by atoms with E-state index >= 15 is 0 Å². The summed E-state index contributed by atoms with van der Waals surface area (Å²) >= 11 is 0. The fourth-order valence-corrected chi connectivity index (χ4v) is 5.85. The molecule has 5 atom stereocenters. The fourth-order valence-electron chi connectivity index (χ4n) is 5.85. The van der Waals surface area contributed by atoms with E-state index in [4.69, 9.17) is 9.47 Å². The number of hydrogen-bond donors (Lipinski definition) is 2. The van der Waals surface area contributed by atoms with E-state index in [1.807, 2.05) is 20.8 Å². The molecule has 0 amide bonds. The van der Waals surface area contributed by atoms with Gasteiger partial charge in [-0.1, -0.05) is 27.7 Å². The SMILES string of the molecule is CCC(C)C(=O)OC12CC3CC(O)(CC(O)(C3)C1)C2.CCC(C)C(=O)OC1CCOC1=O. The molecular weight excluding hydrogens is 416 g/mol. The number of aliphatic hydroxyl groups is 2. The molecule has 4 bridgehead atoms. The van der Waals surface area contributed by atoms with Gasteiger partial charge in [0, 0.05) is 25.7 Å². The Balaban J connectivity index is 0.000000195. The fraction of sp³-hybridized carbons (Fsp3) is 0.875. The number of hydrogen-bond acceptors (Lipinski definition) is 8. The highest BCUT2D eigenvalue weighted by molar-refractivity contribution is 5.81. The van der Waals surface area contributed by atoms with E-state index in [9.17, 15) is 24.6 Å². The summed E-state index contributed by atoms with van der Waals surface area (Å²) < 4.78 is 15.4. The number of ether oxygens (including phenoxy) is 3. The lowest BCUT2D eigenvalue weighted by Crippen LogP contribution is -2.67. The summed E-state index contributed by atoms with van der Waals surface area (Å²) in [5.41, 5.74) is -2.28. The molecule has 0 spiro atoms. The number of rotatable bonds is 6. The summed E-state index contributed by atoms with van der Waals surface area (Å²) in [6.07, 6.45) is 5.05. The maximum absolute atomic E-state index is 12.1. The van der Waals surface area contributed by atoms with Gasteiger partial charge in [0.15, 0.2) is 0 Å². The summed E-state index contributed by atoms with van der Waals surface area (Å²) in [7, 11) is 0. The van der Waals surface area contributed by atoms with E-state index < -0.39 is 28.9 Å². The molecule has 1 saturated heterocycles. The zero-order chi connectivity index (χ0) is 23.7. The van der Waals surface area contributed by atoms with E-state index in [1.165, 1.54) is 0 Å². The quantitative estimate of drug-likeness (QED) is 0.464. The first-order valence-corrected chi connectivity index (χ1v) is 12.0. The first-order chi connectivity index (χ1) is 14.9. The molecule has 2 N–H and O–H groups in total. The van der Waals surface area contributed by atoms with Crippen molar-refractivity contribution in [2.45, 2.75) is 108 Å². The van der Waals surface area contributed by atoms with Gasteiger partial charge < -0.3 is 24.4 Å². The van der Waals surface area contributed by atoms with Crippen LogP contribution in [0.3, 0.4) is 0 Å². The van der Waals surface area contributed by atoms with Crippen molar-refractivity contribution < 1.29 is 38.8 Å². The van der Waals surface area contributed by atoms with Gasteiger partial charge in [-0.25, -0.2) is 4.79 Å². The van der Waals surface area contributed by atoms with E-state index in [0.717, 1.165) is 32.1 Å². The Hall–Kier alpha value is -1.67. The molecule has 32 heavy (non-hydrogen) atoms. The van der Waals surface area contributed by atoms with E-state index in [2.05, 4.69) is 4.74 Å². The third kappa shape index (κ3) is 5.45. The molecule has 1 aliphatic heterocycles. The minimum absolute atomic E-state index is 0.114. The standard InChI is InChI=1S/C15H24O4.C9H14O4/c1-3-10(2)12(16)19-15-6-11-4-13(17,8-15)7-14(18,5-11)9-15;1-3-6(2)8(10)13-7-4-5-12-9(7)11/h10-11,17-18H,3-9H2,1-2H3;6-7H,3-5H2,1-2H3. The molecule has 1 heterocycles. The van der Waals surface area contributed by atoms with Crippen LogP contribution in [0.2, 0.25) is 0 Å². The number of carbonyl (C=O) groups is 3. The zero-order valence-corrected chi connectivity index (χ0v) is 19.7. The van der Waals surface area contributed by atoms with Gasteiger partial charge >= 0.3 is 17.9 Å². The Morgan fingerprint density at radius 1 is 1.00 bits per heavy atom. The number of cyclic esters (lactones) is 1. The van der Waals surface area contributed by atoms with Crippen LogP contribution >= 0.6 is 0 Å². The lowest BCUT2D eigenvalue weighted by atomic mass is 9.50. The van der Waals surface area contributed by atoms with Crippen LogP contribution in [0, 0.1) is 17.8 Å². The molecule has 182 valence electrons. The van der Waals surface area contributed by atoms with Crippen molar-refractivity contribution in [1.82, 2.24) is 0 Å². The zero-order valence-electron chi connectivity index (χ0n) is 19.7. The van der Waals surface area contributed by atoms with Crippen LogP contribution in [0.25, 0.3) is 0 Å². The van der Waals surface area contributed by atoms with Gasteiger partial charge in [0.1, 0.15) is 5.60 Å². The van der Waals surface area contributed by atoms with Gasteiger partial charge in [-0.15, -0.1) is 0 Å². The van der Waals surface area contributed by atoms with Gasteiger partial charge in [-0.05, 0) is 38.0 Å². The Morgan fingerprint density at radius 3 is 2.03 bits per heavy atom. The topological polar surface area (TPSA) is 119 Å². The van der Waals surface area contributed by atoms with Crippen LogP contribution in [0.5, 0.6) is 0 Å². The van der Waals surface area contributed by atoms with Gasteiger partial charge in [0.2, 0.25) is 6.10 Å². The maximum atomic E-state index is 12.1. The maximum Gasteiger partial charge on any atom is 0.347 e. The van der Waals surface area contributed by atoms with Crippen molar-refractivity contribution >= 4 is 17.9 Å². The Bertz CT molecular complexity index is 716. The van der Waals surface area contributed by atoms with Crippen molar-refractivity contribution in [2.24, 2.45) is 17.8 Å². The van der Waals surface area contributed by atoms with Crippen molar-refractivity contribution in [3.8, 4) is 0 Å². The second kappa shape index (κ2) is 9.29. The summed E-state index contributed by atoms with van der Waals surface area (Å²) in [5.74, 6) is -0.888. The molecule has 0 radical (unpaired) electrons. The third-order valence-electron chi connectivity index (χ3n) is 7.45. The molecule has 5 unspecified atom stereocenters. The summed E-state index contributed by atoms with van der Waals surface area (Å²) in [4.78, 5) is 34.2. The number of carbonyl (C=O) groups excluding carboxylic acids is 3. The molecular formula is C24H38O8. The van der Waals surface area contributed by atoms with Crippen molar-refractivity contribution in [1.29, 1.82) is 0 Å². The first kappa shape index (κ1) is 25.0. The highest BCUT2D eigenvalue weighted by Gasteiger charge is 2.64. The van der Waals surface area contributed by atoms with Gasteiger partial charge in [-0.2, -0.15) is 0 Å². The predicted octanol–water partition coefficient (Wildman–Crippen LogP) is 2.67. The first-order valence-electron chi connectivity index (χ1n) is 12.0. The molecule has 0 aromatic heterocycles. The normalized spacial score (nSPS) is 38.9. The minimum atomic E-state index is -0.829. The molecule has 5 aliphatic rings. The highest BCUT2D eigenvalue weighted by Crippen LogP contribution is 2.60. The molecule has 0 aromatic carbocycles. The third-order valence-corrected chi connectivity index (χ3v) is 7.45. The summed E-state index contributed by atoms with van der Waals surface area (Å²) in [5, 5.41) is 21.2. The highest BCUT2D eigenvalue weighted by atomic mass is 16.6. The van der Waals surface area contributed by atoms with Crippen LogP contribution in [0.4, 0.5) is 0 Å². The Labute approximate surface area is 190 Å². The van der Waals surface area contributed by atoms with Crippen molar-refractivity contribution in [2.75, 3.05) is 6.61 Å². The molecule has 5 rings (SSSR count). The largest absolute Gasteiger partial charge is 0.463 e. The molecule has 4 aliphatic carbocycles. The average molecular weight is 455 g/mol. The van der Waals surface area contributed by atoms with Crippen LogP contribution < -0.4 is 0 Å². The second-order valence-corrected chi connectivity index (χ2v) is 10.6. The average Bonchev–Trinajstić information content (AvgIpc) is 3.08.